The van der Waals surface area contributed by atoms with E-state index >= 15 is 0 Å². The Hall–Kier alpha value is -2.10. The molecule has 3 rings (SSSR count). The van der Waals surface area contributed by atoms with Crippen LogP contribution in [0.5, 0.6) is 0 Å². The third kappa shape index (κ3) is 2.74. The van der Waals surface area contributed by atoms with Crippen LogP contribution in [0.3, 0.4) is 0 Å². The first kappa shape index (κ1) is 16.7. The van der Waals surface area contributed by atoms with Crippen molar-refractivity contribution in [1.29, 1.82) is 0 Å². The average Bonchev–Trinajstić information content (AvgIpc) is 3.02. The summed E-state index contributed by atoms with van der Waals surface area (Å²) in [5.74, 6) is -0.230. The number of carbonyl (C=O) groups is 2. The molecule has 1 aliphatic heterocycles. The van der Waals surface area contributed by atoms with Crippen LogP contribution in [0.15, 0.2) is 47.6 Å². The summed E-state index contributed by atoms with van der Waals surface area (Å²) < 4.78 is 11.1. The summed E-state index contributed by atoms with van der Waals surface area (Å²) >= 11 is 0. The highest BCUT2D eigenvalue weighted by molar-refractivity contribution is 5.91. The summed E-state index contributed by atoms with van der Waals surface area (Å²) in [6.07, 6.45) is 6.27. The van der Waals surface area contributed by atoms with Crippen LogP contribution in [0.1, 0.15) is 33.1 Å². The fourth-order valence-corrected chi connectivity index (χ4v) is 4.06. The molecule has 3 aliphatic rings. The molecule has 0 N–H and O–H groups in total. The first-order chi connectivity index (χ1) is 11.4. The summed E-state index contributed by atoms with van der Waals surface area (Å²) in [7, 11) is 0. The van der Waals surface area contributed by atoms with Crippen molar-refractivity contribution in [3.8, 4) is 0 Å². The zero-order valence-electron chi connectivity index (χ0n) is 14.3. The van der Waals surface area contributed by atoms with Gasteiger partial charge in [0, 0.05) is 23.0 Å². The van der Waals surface area contributed by atoms with E-state index in [1.165, 1.54) is 0 Å². The van der Waals surface area contributed by atoms with E-state index in [4.69, 9.17) is 9.47 Å². The second-order valence-corrected chi connectivity index (χ2v) is 6.89. The molecule has 0 aromatic rings. The highest BCUT2D eigenvalue weighted by atomic mass is 16.6. The molecule has 4 nitrogen and oxygen atoms in total. The van der Waals surface area contributed by atoms with Crippen molar-refractivity contribution in [2.45, 2.75) is 39.2 Å². The van der Waals surface area contributed by atoms with Crippen LogP contribution >= 0.6 is 0 Å². The van der Waals surface area contributed by atoms with Gasteiger partial charge in [0.2, 0.25) is 0 Å². The maximum atomic E-state index is 11.9. The SMILES string of the molecule is C=C1CC[C@H]2C(COC(=O)/C(C)=C\C)=CC[C@@H]3C(=C)C(=O)O[C@@H]3[C@@H]12. The fraction of sp³-hybridized carbons (Fsp3) is 0.500. The highest BCUT2D eigenvalue weighted by Gasteiger charge is 2.50. The Kier molecular flexibility index (Phi) is 4.48. The summed E-state index contributed by atoms with van der Waals surface area (Å²) in [5, 5.41) is 0. The Morgan fingerprint density at radius 2 is 2.17 bits per heavy atom. The molecular weight excluding hydrogens is 304 g/mol. The second-order valence-electron chi connectivity index (χ2n) is 6.89. The van der Waals surface area contributed by atoms with Gasteiger partial charge < -0.3 is 9.47 Å². The lowest BCUT2D eigenvalue weighted by molar-refractivity contribution is -0.141. The number of rotatable bonds is 3. The van der Waals surface area contributed by atoms with E-state index in [0.29, 0.717) is 24.2 Å². The molecule has 4 atom stereocenters. The van der Waals surface area contributed by atoms with Crippen molar-refractivity contribution in [3.05, 3.63) is 47.6 Å². The Morgan fingerprint density at radius 3 is 2.88 bits per heavy atom. The number of allylic oxidation sites excluding steroid dienone is 2. The number of hydrogen-bond donors (Lipinski definition) is 0. The van der Waals surface area contributed by atoms with Gasteiger partial charge in [0.05, 0.1) is 0 Å². The average molecular weight is 328 g/mol. The lowest BCUT2D eigenvalue weighted by Crippen LogP contribution is -2.30. The van der Waals surface area contributed by atoms with E-state index in [-0.39, 0.29) is 35.8 Å². The number of carbonyl (C=O) groups excluding carboxylic acids is 2. The van der Waals surface area contributed by atoms with Gasteiger partial charge in [-0.05, 0) is 44.6 Å². The molecular formula is C20H24O4. The van der Waals surface area contributed by atoms with Crippen molar-refractivity contribution < 1.29 is 19.1 Å². The normalized spacial score (nSPS) is 32.7. The molecule has 0 unspecified atom stereocenters. The first-order valence-corrected chi connectivity index (χ1v) is 8.50. The van der Waals surface area contributed by atoms with Crippen LogP contribution < -0.4 is 0 Å². The van der Waals surface area contributed by atoms with Crippen molar-refractivity contribution in [3.63, 3.8) is 0 Å². The fourth-order valence-electron chi connectivity index (χ4n) is 4.06. The second kappa shape index (κ2) is 6.42. The van der Waals surface area contributed by atoms with Gasteiger partial charge in [-0.1, -0.05) is 30.9 Å². The van der Waals surface area contributed by atoms with E-state index in [9.17, 15) is 9.59 Å². The molecule has 0 aromatic heterocycles. The Labute approximate surface area is 142 Å². The minimum Gasteiger partial charge on any atom is -0.458 e. The molecule has 1 saturated heterocycles. The minimum absolute atomic E-state index is 0.00493. The molecule has 0 bridgehead atoms. The smallest absolute Gasteiger partial charge is 0.334 e. The van der Waals surface area contributed by atoms with Gasteiger partial charge in [-0.15, -0.1) is 0 Å². The minimum atomic E-state index is -0.285. The van der Waals surface area contributed by atoms with E-state index in [0.717, 1.165) is 24.0 Å². The highest BCUT2D eigenvalue weighted by Crippen LogP contribution is 2.50. The lowest BCUT2D eigenvalue weighted by Gasteiger charge is -2.27. The molecule has 1 heterocycles. The van der Waals surface area contributed by atoms with Gasteiger partial charge in [0.25, 0.3) is 0 Å². The Morgan fingerprint density at radius 1 is 1.42 bits per heavy atom. The predicted octanol–water partition coefficient (Wildman–Crippen LogP) is 3.51. The molecule has 0 aromatic carbocycles. The van der Waals surface area contributed by atoms with Crippen molar-refractivity contribution in [1.82, 2.24) is 0 Å². The maximum Gasteiger partial charge on any atom is 0.334 e. The summed E-state index contributed by atoms with van der Waals surface area (Å²) in [6.45, 7) is 12.0. The molecule has 0 amide bonds. The first-order valence-electron chi connectivity index (χ1n) is 8.50. The van der Waals surface area contributed by atoms with Crippen molar-refractivity contribution >= 4 is 11.9 Å². The summed E-state index contributed by atoms with van der Waals surface area (Å²) in [4.78, 5) is 23.8. The van der Waals surface area contributed by atoms with Crippen LogP contribution in [0.4, 0.5) is 0 Å². The van der Waals surface area contributed by atoms with Gasteiger partial charge in [0.15, 0.2) is 0 Å². The van der Waals surface area contributed by atoms with Gasteiger partial charge in [-0.3, -0.25) is 0 Å². The topological polar surface area (TPSA) is 52.6 Å². The largest absolute Gasteiger partial charge is 0.458 e. The third-order valence-corrected chi connectivity index (χ3v) is 5.62. The van der Waals surface area contributed by atoms with Crippen molar-refractivity contribution in [2.24, 2.45) is 17.8 Å². The predicted molar refractivity (Wildman–Crippen MR) is 91.0 cm³/mol. The van der Waals surface area contributed by atoms with Crippen molar-refractivity contribution in [2.75, 3.05) is 6.61 Å². The molecule has 1 saturated carbocycles. The van der Waals surface area contributed by atoms with Crippen LogP contribution in [-0.2, 0) is 19.1 Å². The molecule has 24 heavy (non-hydrogen) atoms. The summed E-state index contributed by atoms with van der Waals surface area (Å²) in [6, 6.07) is 0. The van der Waals surface area contributed by atoms with Crippen LogP contribution in [0.2, 0.25) is 0 Å². The molecule has 2 fully saturated rings. The monoisotopic (exact) mass is 328 g/mol. The van der Waals surface area contributed by atoms with E-state index in [1.54, 1.807) is 13.0 Å². The third-order valence-electron chi connectivity index (χ3n) is 5.62. The lowest BCUT2D eigenvalue weighted by atomic mass is 9.81. The van der Waals surface area contributed by atoms with Gasteiger partial charge >= 0.3 is 11.9 Å². The van der Waals surface area contributed by atoms with Gasteiger partial charge in [0.1, 0.15) is 12.7 Å². The van der Waals surface area contributed by atoms with E-state index in [1.807, 2.05) is 6.92 Å². The Bertz CT molecular complexity index is 667. The summed E-state index contributed by atoms with van der Waals surface area (Å²) in [5.41, 5.74) is 3.41. The number of hydrogen-bond acceptors (Lipinski definition) is 4. The van der Waals surface area contributed by atoms with Crippen LogP contribution in [-0.4, -0.2) is 24.6 Å². The van der Waals surface area contributed by atoms with E-state index < -0.39 is 0 Å². The van der Waals surface area contributed by atoms with Gasteiger partial charge in [-0.2, -0.15) is 0 Å². The molecule has 2 aliphatic carbocycles. The molecule has 4 heteroatoms. The van der Waals surface area contributed by atoms with Crippen LogP contribution in [0.25, 0.3) is 0 Å². The zero-order chi connectivity index (χ0) is 17.4. The van der Waals surface area contributed by atoms with Gasteiger partial charge in [-0.25, -0.2) is 9.59 Å². The van der Waals surface area contributed by atoms with Crippen LogP contribution in [0, 0.1) is 17.8 Å². The standard InChI is InChI=1S/C20H24O4/c1-5-11(2)19(21)23-10-14-7-9-15-13(4)20(22)24-18(15)17-12(3)6-8-16(14)17/h5,7,15-18H,3-4,6,8-10H2,1-2H3/b11-5-/t15-,16+,17+,18+/m1/s1. The molecule has 128 valence electrons. The number of ether oxygens (including phenoxy) is 2. The molecule has 0 radical (unpaired) electrons. The maximum absolute atomic E-state index is 11.9. The quantitative estimate of drug-likeness (QED) is 0.452. The number of esters is 2. The Balaban J connectivity index is 1.82. The zero-order valence-corrected chi connectivity index (χ0v) is 14.3. The number of fused-ring (bicyclic) bond motifs is 3. The molecule has 0 spiro atoms. The van der Waals surface area contributed by atoms with E-state index in [2.05, 4.69) is 19.2 Å².